The molecular weight excluding hydrogens is 278 g/mol. The number of ether oxygens (including phenoxy) is 1. The van der Waals surface area contributed by atoms with Crippen molar-refractivity contribution in [2.45, 2.75) is 13.8 Å². The topological polar surface area (TPSA) is 78.9 Å². The number of aromatic nitrogens is 4. The molecule has 0 radical (unpaired) electrons. The maximum Gasteiger partial charge on any atom is 0.178 e. The predicted molar refractivity (Wildman–Crippen MR) is 84.9 cm³/mol. The summed E-state index contributed by atoms with van der Waals surface area (Å²) < 4.78 is 7.00. The van der Waals surface area contributed by atoms with Gasteiger partial charge < -0.3 is 10.5 Å². The maximum absolute atomic E-state index is 5.89. The number of aryl methyl sites for hydroxylation is 1. The highest BCUT2D eigenvalue weighted by atomic mass is 16.5. The summed E-state index contributed by atoms with van der Waals surface area (Å²) >= 11 is 0. The highest BCUT2D eigenvalue weighted by molar-refractivity contribution is 5.60. The molecule has 0 saturated carbocycles. The number of hydrogen-bond donors (Lipinski definition) is 1. The van der Waals surface area contributed by atoms with Gasteiger partial charge in [0.25, 0.3) is 0 Å². The predicted octanol–water partition coefficient (Wildman–Crippen LogP) is 2.62. The van der Waals surface area contributed by atoms with E-state index in [0.717, 1.165) is 22.7 Å². The van der Waals surface area contributed by atoms with Crippen LogP contribution in [0.15, 0.2) is 42.5 Å². The summed E-state index contributed by atoms with van der Waals surface area (Å²) in [6, 6.07) is 13.3. The first-order valence-electron chi connectivity index (χ1n) is 7.07. The molecule has 0 bridgehead atoms. The quantitative estimate of drug-likeness (QED) is 0.800. The molecule has 6 heteroatoms. The zero-order chi connectivity index (χ0) is 15.5. The number of benzene rings is 1. The van der Waals surface area contributed by atoms with Crippen molar-refractivity contribution in [3.63, 3.8) is 0 Å². The second-order valence-corrected chi connectivity index (χ2v) is 4.86. The summed E-state index contributed by atoms with van der Waals surface area (Å²) in [6.07, 6.45) is 0. The van der Waals surface area contributed by atoms with Crippen LogP contribution in [0.1, 0.15) is 12.6 Å². The number of rotatable bonds is 4. The molecule has 0 amide bonds. The molecule has 22 heavy (non-hydrogen) atoms. The van der Waals surface area contributed by atoms with Gasteiger partial charge in [-0.2, -0.15) is 9.78 Å². The summed E-state index contributed by atoms with van der Waals surface area (Å²) in [5.74, 6) is 1.98. The van der Waals surface area contributed by atoms with Crippen LogP contribution in [0.3, 0.4) is 0 Å². The normalized spacial score (nSPS) is 10.6. The zero-order valence-corrected chi connectivity index (χ0v) is 12.5. The van der Waals surface area contributed by atoms with Crippen LogP contribution in [0.5, 0.6) is 5.75 Å². The molecule has 0 unspecified atom stereocenters. The van der Waals surface area contributed by atoms with E-state index in [1.54, 1.807) is 10.7 Å². The second-order valence-electron chi connectivity index (χ2n) is 4.86. The van der Waals surface area contributed by atoms with E-state index in [0.29, 0.717) is 18.2 Å². The minimum absolute atomic E-state index is 0.542. The molecule has 1 aromatic carbocycles. The Balaban J connectivity index is 1.86. The van der Waals surface area contributed by atoms with Crippen molar-refractivity contribution in [2.24, 2.45) is 0 Å². The average molecular weight is 295 g/mol. The van der Waals surface area contributed by atoms with Gasteiger partial charge >= 0.3 is 0 Å². The second kappa shape index (κ2) is 5.85. The van der Waals surface area contributed by atoms with Crippen LogP contribution in [-0.4, -0.2) is 26.6 Å². The number of hydrogen-bond acceptors (Lipinski definition) is 5. The molecule has 3 aromatic rings. The van der Waals surface area contributed by atoms with E-state index in [9.17, 15) is 0 Å². The first-order valence-corrected chi connectivity index (χ1v) is 7.07. The lowest BCUT2D eigenvalue weighted by molar-refractivity contribution is 0.340. The average Bonchev–Trinajstić information content (AvgIpc) is 2.87. The third-order valence-corrected chi connectivity index (χ3v) is 3.19. The fourth-order valence-corrected chi connectivity index (χ4v) is 2.18. The van der Waals surface area contributed by atoms with Crippen molar-refractivity contribution in [1.82, 2.24) is 20.0 Å². The molecule has 0 aliphatic carbocycles. The Bertz CT molecular complexity index is 762. The molecular formula is C16H17N5O. The van der Waals surface area contributed by atoms with Crippen molar-refractivity contribution in [3.8, 4) is 22.8 Å². The standard InChI is InChI=1S/C16H17N5O/c1-3-22-13-6-4-12(5-7-13)14-8-9-16(19-18-14)21-15(17)10-11(2)20-21/h4-10H,3,17H2,1-2H3. The molecule has 2 heterocycles. The van der Waals surface area contributed by atoms with Gasteiger partial charge in [-0.15, -0.1) is 10.2 Å². The van der Waals surface area contributed by atoms with Crippen LogP contribution in [0.2, 0.25) is 0 Å². The van der Waals surface area contributed by atoms with Crippen LogP contribution < -0.4 is 10.5 Å². The first-order chi connectivity index (χ1) is 10.7. The van der Waals surface area contributed by atoms with Gasteiger partial charge in [-0.3, -0.25) is 0 Å². The van der Waals surface area contributed by atoms with Gasteiger partial charge in [0.05, 0.1) is 18.0 Å². The van der Waals surface area contributed by atoms with Crippen LogP contribution in [0, 0.1) is 6.92 Å². The Kier molecular flexibility index (Phi) is 3.74. The minimum Gasteiger partial charge on any atom is -0.494 e. The molecule has 0 atom stereocenters. The number of nitrogen functional groups attached to an aromatic ring is 1. The highest BCUT2D eigenvalue weighted by Gasteiger charge is 2.07. The van der Waals surface area contributed by atoms with Gasteiger partial charge in [-0.25, -0.2) is 0 Å². The molecule has 112 valence electrons. The number of nitrogens with two attached hydrogens (primary N) is 1. The lowest BCUT2D eigenvalue weighted by Crippen LogP contribution is -2.05. The fraction of sp³-hybridized carbons (Fsp3) is 0.188. The highest BCUT2D eigenvalue weighted by Crippen LogP contribution is 2.21. The van der Waals surface area contributed by atoms with Crippen molar-refractivity contribution >= 4 is 5.82 Å². The Morgan fingerprint density at radius 1 is 1.09 bits per heavy atom. The van der Waals surface area contributed by atoms with E-state index in [-0.39, 0.29) is 0 Å². The van der Waals surface area contributed by atoms with Gasteiger partial charge in [0.15, 0.2) is 5.82 Å². The Hall–Kier alpha value is -2.89. The SMILES string of the molecule is CCOc1ccc(-c2ccc(-n3nc(C)cc3N)nn2)cc1. The van der Waals surface area contributed by atoms with Crippen LogP contribution in [-0.2, 0) is 0 Å². The van der Waals surface area contributed by atoms with Gasteiger partial charge in [-0.1, -0.05) is 0 Å². The van der Waals surface area contributed by atoms with Crippen molar-refractivity contribution in [1.29, 1.82) is 0 Å². The molecule has 0 spiro atoms. The molecule has 6 nitrogen and oxygen atoms in total. The molecule has 2 N–H and O–H groups in total. The van der Waals surface area contributed by atoms with Gasteiger partial charge in [0.1, 0.15) is 11.6 Å². The minimum atomic E-state index is 0.542. The van der Waals surface area contributed by atoms with Crippen LogP contribution in [0.4, 0.5) is 5.82 Å². The lowest BCUT2D eigenvalue weighted by atomic mass is 10.1. The largest absolute Gasteiger partial charge is 0.494 e. The van der Waals surface area contributed by atoms with Gasteiger partial charge in [-0.05, 0) is 50.2 Å². The van der Waals surface area contributed by atoms with E-state index in [1.165, 1.54) is 0 Å². The molecule has 0 fully saturated rings. The smallest absolute Gasteiger partial charge is 0.178 e. The molecule has 3 rings (SSSR count). The summed E-state index contributed by atoms with van der Waals surface area (Å²) in [5.41, 5.74) is 8.49. The van der Waals surface area contributed by atoms with Crippen molar-refractivity contribution in [3.05, 3.63) is 48.2 Å². The summed E-state index contributed by atoms with van der Waals surface area (Å²) in [6.45, 7) is 4.49. The van der Waals surface area contributed by atoms with E-state index < -0.39 is 0 Å². The van der Waals surface area contributed by atoms with Gasteiger partial charge in [0.2, 0.25) is 0 Å². The maximum atomic E-state index is 5.89. The molecule has 2 aromatic heterocycles. The van der Waals surface area contributed by atoms with Crippen LogP contribution in [0.25, 0.3) is 17.1 Å². The summed E-state index contributed by atoms with van der Waals surface area (Å²) in [5, 5.41) is 12.7. The Labute approximate surface area is 128 Å². The van der Waals surface area contributed by atoms with E-state index >= 15 is 0 Å². The summed E-state index contributed by atoms with van der Waals surface area (Å²) in [4.78, 5) is 0. The van der Waals surface area contributed by atoms with Crippen molar-refractivity contribution < 1.29 is 4.74 Å². The van der Waals surface area contributed by atoms with E-state index in [2.05, 4.69) is 15.3 Å². The number of anilines is 1. The Morgan fingerprint density at radius 3 is 2.41 bits per heavy atom. The van der Waals surface area contributed by atoms with Crippen LogP contribution >= 0.6 is 0 Å². The third kappa shape index (κ3) is 2.76. The number of nitrogens with zero attached hydrogens (tertiary/aromatic N) is 4. The lowest BCUT2D eigenvalue weighted by Gasteiger charge is -2.06. The third-order valence-electron chi connectivity index (χ3n) is 3.19. The first kappa shape index (κ1) is 14.1. The molecule has 0 aliphatic heterocycles. The van der Waals surface area contributed by atoms with Crippen molar-refractivity contribution in [2.75, 3.05) is 12.3 Å². The fourth-order valence-electron chi connectivity index (χ4n) is 2.18. The van der Waals surface area contributed by atoms with E-state index in [1.807, 2.05) is 50.2 Å². The Morgan fingerprint density at radius 2 is 1.86 bits per heavy atom. The van der Waals surface area contributed by atoms with Gasteiger partial charge in [0, 0.05) is 11.6 Å². The molecule has 0 saturated heterocycles. The summed E-state index contributed by atoms with van der Waals surface area (Å²) in [7, 11) is 0. The molecule has 0 aliphatic rings. The van der Waals surface area contributed by atoms with E-state index in [4.69, 9.17) is 10.5 Å². The zero-order valence-electron chi connectivity index (χ0n) is 12.5. The monoisotopic (exact) mass is 295 g/mol.